The van der Waals surface area contributed by atoms with Crippen molar-refractivity contribution >= 4 is 13.7 Å². The highest BCUT2D eigenvalue weighted by atomic mass is 31.2. The molecule has 0 saturated heterocycles. The second-order valence-corrected chi connectivity index (χ2v) is 6.27. The summed E-state index contributed by atoms with van der Waals surface area (Å²) >= 11 is 0. The maximum atomic E-state index is 12.0. The molecular weight excluding hydrogens is 321 g/mol. The minimum absolute atomic E-state index is 0.0531. The Morgan fingerprint density at radius 3 is 2.39 bits per heavy atom. The second-order valence-electron chi connectivity index (χ2n) is 4.60. The van der Waals surface area contributed by atoms with E-state index in [0.717, 1.165) is 0 Å². The fourth-order valence-electron chi connectivity index (χ4n) is 1.79. The van der Waals surface area contributed by atoms with E-state index in [0.29, 0.717) is 19.4 Å². The molecule has 1 aromatic carbocycles. The number of hydrogen-bond donors (Lipinski definition) is 2. The van der Waals surface area contributed by atoms with Crippen LogP contribution in [0, 0.1) is 0 Å². The van der Waals surface area contributed by atoms with Gasteiger partial charge >= 0.3 is 7.82 Å². The largest absolute Gasteiger partial charge is 0.507 e. The molecule has 7 nitrogen and oxygen atoms in total. The van der Waals surface area contributed by atoms with Gasteiger partial charge in [-0.05, 0) is 38.8 Å². The lowest BCUT2D eigenvalue weighted by Gasteiger charge is -2.16. The minimum Gasteiger partial charge on any atom is -0.507 e. The molecule has 0 fully saturated rings. The van der Waals surface area contributed by atoms with Crippen molar-refractivity contribution in [1.29, 1.82) is 0 Å². The van der Waals surface area contributed by atoms with E-state index in [4.69, 9.17) is 13.6 Å². The molecule has 8 heteroatoms. The van der Waals surface area contributed by atoms with Gasteiger partial charge in [0.15, 0.2) is 0 Å². The summed E-state index contributed by atoms with van der Waals surface area (Å²) in [5.74, 6) is -0.388. The molecule has 0 aliphatic heterocycles. The highest BCUT2D eigenvalue weighted by Crippen LogP contribution is 2.49. The van der Waals surface area contributed by atoms with E-state index in [-0.39, 0.29) is 37.0 Å². The maximum absolute atomic E-state index is 12.0. The minimum atomic E-state index is -3.46. The monoisotopic (exact) mass is 345 g/mol. The van der Waals surface area contributed by atoms with Gasteiger partial charge in [-0.2, -0.15) is 0 Å². The Hall–Kier alpha value is -1.40. The molecule has 1 amide bonds. The summed E-state index contributed by atoms with van der Waals surface area (Å²) in [7, 11) is -3.46. The molecule has 0 saturated carbocycles. The zero-order valence-electron chi connectivity index (χ0n) is 13.5. The fourth-order valence-corrected chi connectivity index (χ4v) is 3.00. The number of phenols is 1. The van der Waals surface area contributed by atoms with Crippen LogP contribution in [0.25, 0.3) is 0 Å². The van der Waals surface area contributed by atoms with Gasteiger partial charge in [0.2, 0.25) is 0 Å². The maximum Gasteiger partial charge on any atom is 0.474 e. The molecule has 130 valence electrons. The quantitative estimate of drug-likeness (QED) is 0.473. The van der Waals surface area contributed by atoms with E-state index < -0.39 is 7.82 Å². The standard InChI is InChI=1S/C15H24NO6P/c1-3-20-23(19,21-4-2)22-12-8-7-11-16-15(18)13-9-5-6-10-14(13)17/h5-6,9-10,17H,3-4,7-8,11-12H2,1-2H3,(H,16,18). The van der Waals surface area contributed by atoms with E-state index in [2.05, 4.69) is 5.32 Å². The number of phosphoric acid groups is 1. The number of amides is 1. The number of aromatic hydroxyl groups is 1. The van der Waals surface area contributed by atoms with Gasteiger partial charge in [-0.15, -0.1) is 0 Å². The molecule has 0 heterocycles. The molecule has 0 atom stereocenters. The van der Waals surface area contributed by atoms with Gasteiger partial charge in [0, 0.05) is 6.54 Å². The lowest BCUT2D eigenvalue weighted by Crippen LogP contribution is -2.24. The molecule has 0 aliphatic rings. The van der Waals surface area contributed by atoms with Crippen molar-refractivity contribution in [3.8, 4) is 5.75 Å². The number of rotatable bonds is 11. The third-order valence-corrected chi connectivity index (χ3v) is 4.48. The lowest BCUT2D eigenvalue weighted by atomic mass is 10.2. The molecule has 0 radical (unpaired) electrons. The first-order valence-electron chi connectivity index (χ1n) is 7.62. The van der Waals surface area contributed by atoms with E-state index in [1.807, 2.05) is 0 Å². The van der Waals surface area contributed by atoms with Gasteiger partial charge in [-0.1, -0.05) is 12.1 Å². The average Bonchev–Trinajstić information content (AvgIpc) is 2.51. The number of hydrogen-bond acceptors (Lipinski definition) is 6. The molecular formula is C15H24NO6P. The van der Waals surface area contributed by atoms with Crippen LogP contribution in [-0.4, -0.2) is 37.4 Å². The second kappa shape index (κ2) is 10.4. The molecule has 0 aromatic heterocycles. The van der Waals surface area contributed by atoms with Crippen LogP contribution in [-0.2, 0) is 18.1 Å². The third kappa shape index (κ3) is 7.14. The van der Waals surface area contributed by atoms with Crippen molar-refractivity contribution in [2.45, 2.75) is 26.7 Å². The van der Waals surface area contributed by atoms with Crippen LogP contribution in [0.1, 0.15) is 37.0 Å². The summed E-state index contributed by atoms with van der Waals surface area (Å²) in [6.45, 7) is 4.54. The number of nitrogens with one attached hydrogen (secondary N) is 1. The Balaban J connectivity index is 2.24. The Morgan fingerprint density at radius 2 is 1.78 bits per heavy atom. The number of phenolic OH excluding ortho intramolecular Hbond substituents is 1. The normalized spacial score (nSPS) is 11.4. The first kappa shape index (κ1) is 19.6. The van der Waals surface area contributed by atoms with Gasteiger partial charge in [-0.25, -0.2) is 4.57 Å². The van der Waals surface area contributed by atoms with Crippen LogP contribution in [0.5, 0.6) is 5.75 Å². The van der Waals surface area contributed by atoms with Crippen molar-refractivity contribution in [3.63, 3.8) is 0 Å². The first-order chi connectivity index (χ1) is 11.0. The molecule has 0 bridgehead atoms. The molecule has 2 N–H and O–H groups in total. The Kier molecular flexibility index (Phi) is 8.87. The van der Waals surface area contributed by atoms with Crippen molar-refractivity contribution in [3.05, 3.63) is 29.8 Å². The summed E-state index contributed by atoms with van der Waals surface area (Å²) < 4.78 is 27.2. The highest BCUT2D eigenvalue weighted by molar-refractivity contribution is 7.48. The highest BCUT2D eigenvalue weighted by Gasteiger charge is 2.24. The molecule has 0 unspecified atom stereocenters. The van der Waals surface area contributed by atoms with Crippen LogP contribution in [0.15, 0.2) is 24.3 Å². The smallest absolute Gasteiger partial charge is 0.474 e. The number of para-hydroxylation sites is 1. The SMILES string of the molecule is CCOP(=O)(OCC)OCCCCNC(=O)c1ccccc1O. The Bertz CT molecular complexity index is 526. The fraction of sp³-hybridized carbons (Fsp3) is 0.533. The van der Waals surface area contributed by atoms with E-state index >= 15 is 0 Å². The summed E-state index contributed by atoms with van der Waals surface area (Å²) in [5, 5.41) is 12.3. The van der Waals surface area contributed by atoms with Crippen LogP contribution in [0.3, 0.4) is 0 Å². The Morgan fingerprint density at radius 1 is 1.13 bits per heavy atom. The molecule has 1 aromatic rings. The van der Waals surface area contributed by atoms with Gasteiger partial charge in [-0.3, -0.25) is 18.4 Å². The van der Waals surface area contributed by atoms with Crippen molar-refractivity contribution in [1.82, 2.24) is 5.32 Å². The third-order valence-electron chi connectivity index (χ3n) is 2.83. The molecule has 0 spiro atoms. The van der Waals surface area contributed by atoms with Crippen molar-refractivity contribution in [2.24, 2.45) is 0 Å². The predicted molar refractivity (Wildman–Crippen MR) is 86.5 cm³/mol. The topological polar surface area (TPSA) is 94.1 Å². The summed E-state index contributed by atoms with van der Waals surface area (Å²) in [6.07, 6.45) is 1.22. The number of carbonyl (C=O) groups is 1. The predicted octanol–water partition coefficient (Wildman–Crippen LogP) is 3.10. The van der Waals surface area contributed by atoms with Gasteiger partial charge in [0.05, 0.1) is 25.4 Å². The van der Waals surface area contributed by atoms with Gasteiger partial charge in [0.25, 0.3) is 5.91 Å². The van der Waals surface area contributed by atoms with Gasteiger partial charge < -0.3 is 10.4 Å². The molecule has 23 heavy (non-hydrogen) atoms. The van der Waals surface area contributed by atoms with Gasteiger partial charge in [0.1, 0.15) is 5.75 Å². The summed E-state index contributed by atoms with van der Waals surface area (Å²) in [6, 6.07) is 6.34. The van der Waals surface area contributed by atoms with E-state index in [9.17, 15) is 14.5 Å². The van der Waals surface area contributed by atoms with Crippen LogP contribution < -0.4 is 5.32 Å². The van der Waals surface area contributed by atoms with E-state index in [1.54, 1.807) is 32.0 Å². The van der Waals surface area contributed by atoms with Crippen molar-refractivity contribution in [2.75, 3.05) is 26.4 Å². The average molecular weight is 345 g/mol. The van der Waals surface area contributed by atoms with Crippen LogP contribution in [0.4, 0.5) is 0 Å². The zero-order valence-corrected chi connectivity index (χ0v) is 14.4. The number of carbonyl (C=O) groups excluding carboxylic acids is 1. The zero-order chi connectivity index (χ0) is 17.1. The Labute approximate surface area is 136 Å². The number of unbranched alkanes of at least 4 members (excludes halogenated alkanes) is 1. The summed E-state index contributed by atoms with van der Waals surface area (Å²) in [4.78, 5) is 11.8. The van der Waals surface area contributed by atoms with Crippen LogP contribution >= 0.6 is 7.82 Å². The number of benzene rings is 1. The van der Waals surface area contributed by atoms with Crippen LogP contribution in [0.2, 0.25) is 0 Å². The lowest BCUT2D eigenvalue weighted by molar-refractivity contribution is 0.0946. The molecule has 1 rings (SSSR count). The molecule has 0 aliphatic carbocycles. The summed E-state index contributed by atoms with van der Waals surface area (Å²) in [5.41, 5.74) is 0.237. The van der Waals surface area contributed by atoms with E-state index in [1.165, 1.54) is 6.07 Å². The van der Waals surface area contributed by atoms with Crippen molar-refractivity contribution < 1.29 is 28.0 Å². The number of phosphoric ester groups is 1. The first-order valence-corrected chi connectivity index (χ1v) is 9.08.